The summed E-state index contributed by atoms with van der Waals surface area (Å²) in [5.74, 6) is 0.880. The lowest BCUT2D eigenvalue weighted by molar-refractivity contribution is 0.0889. The molecule has 0 saturated carbocycles. The van der Waals surface area contributed by atoms with Gasteiger partial charge in [-0.05, 0) is 39.2 Å². The first-order valence-corrected chi connectivity index (χ1v) is 7.40. The van der Waals surface area contributed by atoms with Crippen LogP contribution < -0.4 is 5.32 Å². The summed E-state index contributed by atoms with van der Waals surface area (Å²) < 4.78 is 0. The molecule has 0 bridgehead atoms. The first-order chi connectivity index (χ1) is 8.20. The van der Waals surface area contributed by atoms with Crippen molar-refractivity contribution in [1.29, 1.82) is 0 Å². The Bertz CT molecular complexity index is 224. The highest BCUT2D eigenvalue weighted by Gasteiger charge is 2.27. The van der Waals surface area contributed by atoms with Crippen molar-refractivity contribution in [2.75, 3.05) is 39.3 Å². The van der Waals surface area contributed by atoms with Crippen LogP contribution in [0.5, 0.6) is 0 Å². The van der Waals surface area contributed by atoms with Crippen LogP contribution in [-0.4, -0.2) is 61.2 Å². The van der Waals surface area contributed by atoms with E-state index in [0.717, 1.165) is 18.0 Å². The Kier molecular flexibility index (Phi) is 4.83. The van der Waals surface area contributed by atoms with Gasteiger partial charge in [0.05, 0.1) is 0 Å². The van der Waals surface area contributed by atoms with Gasteiger partial charge in [0, 0.05) is 44.8 Å². The van der Waals surface area contributed by atoms with Gasteiger partial charge in [-0.1, -0.05) is 6.92 Å². The molecule has 2 aliphatic rings. The molecule has 100 valence electrons. The fraction of sp³-hybridized carbons (Fsp3) is 1.00. The molecule has 0 spiro atoms. The smallest absolute Gasteiger partial charge is 0.0113 e. The molecule has 2 heterocycles. The summed E-state index contributed by atoms with van der Waals surface area (Å²) in [6.45, 7) is 14.6. The molecular formula is C14H29N3. The number of nitrogens with zero attached hydrogens (tertiary/aromatic N) is 2. The molecule has 0 aromatic carbocycles. The largest absolute Gasteiger partial charge is 0.314 e. The van der Waals surface area contributed by atoms with E-state index in [9.17, 15) is 0 Å². The number of hydrogen-bond donors (Lipinski definition) is 1. The van der Waals surface area contributed by atoms with Crippen molar-refractivity contribution < 1.29 is 0 Å². The van der Waals surface area contributed by atoms with E-state index in [1.54, 1.807) is 0 Å². The summed E-state index contributed by atoms with van der Waals surface area (Å²) >= 11 is 0. The lowest BCUT2D eigenvalue weighted by Gasteiger charge is -2.39. The van der Waals surface area contributed by atoms with Crippen LogP contribution in [0.3, 0.4) is 0 Å². The third-order valence-electron chi connectivity index (χ3n) is 4.80. The molecule has 0 aliphatic carbocycles. The van der Waals surface area contributed by atoms with E-state index < -0.39 is 0 Å². The van der Waals surface area contributed by atoms with Gasteiger partial charge in [-0.3, -0.25) is 4.90 Å². The molecule has 2 rings (SSSR count). The molecular weight excluding hydrogens is 210 g/mol. The minimum atomic E-state index is 0.725. The molecule has 1 N–H and O–H groups in total. The summed E-state index contributed by atoms with van der Waals surface area (Å²) in [4.78, 5) is 5.32. The molecule has 2 aliphatic heterocycles. The molecule has 2 fully saturated rings. The summed E-state index contributed by atoms with van der Waals surface area (Å²) in [7, 11) is 0. The Hall–Kier alpha value is -0.120. The lowest BCUT2D eigenvalue weighted by atomic mass is 10.0. The Labute approximate surface area is 107 Å². The molecule has 3 atom stereocenters. The standard InChI is InChI=1S/C14H29N3/c1-4-12(2)17-9-7-16(8-10-17)11-14-5-6-15-13(14)3/h12-15H,4-11H2,1-3H3. The average Bonchev–Trinajstić information content (AvgIpc) is 2.75. The first-order valence-electron chi connectivity index (χ1n) is 7.40. The van der Waals surface area contributed by atoms with E-state index in [1.807, 2.05) is 0 Å². The zero-order valence-corrected chi connectivity index (χ0v) is 11.8. The molecule has 0 aromatic heterocycles. The Morgan fingerprint density at radius 2 is 1.94 bits per heavy atom. The Balaban J connectivity index is 1.72. The average molecular weight is 239 g/mol. The van der Waals surface area contributed by atoms with Gasteiger partial charge >= 0.3 is 0 Å². The second-order valence-electron chi connectivity index (χ2n) is 5.89. The summed E-state index contributed by atoms with van der Waals surface area (Å²) in [6.07, 6.45) is 2.65. The van der Waals surface area contributed by atoms with Gasteiger partial charge < -0.3 is 10.2 Å². The van der Waals surface area contributed by atoms with E-state index in [1.165, 1.54) is 52.1 Å². The maximum absolute atomic E-state index is 3.56. The second-order valence-corrected chi connectivity index (χ2v) is 5.89. The van der Waals surface area contributed by atoms with Crippen LogP contribution in [0, 0.1) is 5.92 Å². The SMILES string of the molecule is CCC(C)N1CCN(CC2CCNC2C)CC1. The first kappa shape index (κ1) is 13.3. The van der Waals surface area contributed by atoms with Crippen molar-refractivity contribution in [3.8, 4) is 0 Å². The summed E-state index contributed by atoms with van der Waals surface area (Å²) in [5.41, 5.74) is 0. The fourth-order valence-electron chi connectivity index (χ4n) is 3.14. The van der Waals surface area contributed by atoms with Gasteiger partial charge in [0.2, 0.25) is 0 Å². The zero-order chi connectivity index (χ0) is 12.3. The highest BCUT2D eigenvalue weighted by molar-refractivity contribution is 4.84. The monoisotopic (exact) mass is 239 g/mol. The van der Waals surface area contributed by atoms with Crippen LogP contribution in [0.1, 0.15) is 33.6 Å². The van der Waals surface area contributed by atoms with Crippen LogP contribution in [0.15, 0.2) is 0 Å². The minimum Gasteiger partial charge on any atom is -0.314 e. The van der Waals surface area contributed by atoms with E-state index in [0.29, 0.717) is 0 Å². The van der Waals surface area contributed by atoms with Gasteiger partial charge in [-0.25, -0.2) is 0 Å². The molecule has 3 nitrogen and oxygen atoms in total. The lowest BCUT2D eigenvalue weighted by Crippen LogP contribution is -2.51. The van der Waals surface area contributed by atoms with E-state index >= 15 is 0 Å². The van der Waals surface area contributed by atoms with Crippen LogP contribution in [0.2, 0.25) is 0 Å². The maximum Gasteiger partial charge on any atom is 0.0113 e. The highest BCUT2D eigenvalue weighted by Crippen LogP contribution is 2.18. The van der Waals surface area contributed by atoms with Crippen molar-refractivity contribution in [2.24, 2.45) is 5.92 Å². The number of rotatable bonds is 4. The van der Waals surface area contributed by atoms with E-state index in [-0.39, 0.29) is 0 Å². The van der Waals surface area contributed by atoms with Crippen LogP contribution in [-0.2, 0) is 0 Å². The quantitative estimate of drug-likeness (QED) is 0.800. The minimum absolute atomic E-state index is 0.725. The van der Waals surface area contributed by atoms with Crippen molar-refractivity contribution in [3.63, 3.8) is 0 Å². The number of hydrogen-bond acceptors (Lipinski definition) is 3. The van der Waals surface area contributed by atoms with Crippen molar-refractivity contribution in [2.45, 2.75) is 45.7 Å². The number of nitrogens with one attached hydrogen (secondary N) is 1. The molecule has 17 heavy (non-hydrogen) atoms. The molecule has 0 amide bonds. The van der Waals surface area contributed by atoms with Crippen LogP contribution in [0.4, 0.5) is 0 Å². The zero-order valence-electron chi connectivity index (χ0n) is 11.8. The van der Waals surface area contributed by atoms with Crippen molar-refractivity contribution >= 4 is 0 Å². The Morgan fingerprint density at radius 3 is 2.47 bits per heavy atom. The maximum atomic E-state index is 3.56. The molecule has 3 heteroatoms. The predicted octanol–water partition coefficient (Wildman–Crippen LogP) is 1.40. The normalized spacial score (nSPS) is 34.1. The highest BCUT2D eigenvalue weighted by atomic mass is 15.3. The second kappa shape index (κ2) is 6.17. The Morgan fingerprint density at radius 1 is 1.24 bits per heavy atom. The molecule has 3 unspecified atom stereocenters. The molecule has 0 aromatic rings. The van der Waals surface area contributed by atoms with Gasteiger partial charge in [0.25, 0.3) is 0 Å². The van der Waals surface area contributed by atoms with Crippen LogP contribution in [0.25, 0.3) is 0 Å². The van der Waals surface area contributed by atoms with Gasteiger partial charge in [-0.15, -0.1) is 0 Å². The van der Waals surface area contributed by atoms with Gasteiger partial charge in [0.15, 0.2) is 0 Å². The van der Waals surface area contributed by atoms with Gasteiger partial charge in [-0.2, -0.15) is 0 Å². The van der Waals surface area contributed by atoms with Crippen molar-refractivity contribution in [3.05, 3.63) is 0 Å². The third kappa shape index (κ3) is 3.43. The summed E-state index contributed by atoms with van der Waals surface area (Å²) in [5, 5.41) is 3.56. The molecule has 0 radical (unpaired) electrons. The number of piperazine rings is 1. The fourth-order valence-corrected chi connectivity index (χ4v) is 3.14. The summed E-state index contributed by atoms with van der Waals surface area (Å²) in [6, 6.07) is 1.49. The third-order valence-corrected chi connectivity index (χ3v) is 4.80. The van der Waals surface area contributed by atoms with Crippen molar-refractivity contribution in [1.82, 2.24) is 15.1 Å². The van der Waals surface area contributed by atoms with E-state index in [4.69, 9.17) is 0 Å². The van der Waals surface area contributed by atoms with E-state index in [2.05, 4.69) is 35.9 Å². The molecule has 2 saturated heterocycles. The van der Waals surface area contributed by atoms with Gasteiger partial charge in [0.1, 0.15) is 0 Å². The topological polar surface area (TPSA) is 18.5 Å². The van der Waals surface area contributed by atoms with Crippen LogP contribution >= 0.6 is 0 Å². The predicted molar refractivity (Wildman–Crippen MR) is 73.3 cm³/mol.